The molecular formula is C20H23N3O2. The molecule has 2 amide bonds. The van der Waals surface area contributed by atoms with Gasteiger partial charge in [0.2, 0.25) is 5.91 Å². The number of carbonyl (C=O) groups excluding carboxylic acids is 2. The van der Waals surface area contributed by atoms with Gasteiger partial charge in [-0.05, 0) is 55.3 Å². The summed E-state index contributed by atoms with van der Waals surface area (Å²) in [6.45, 7) is 1.45. The van der Waals surface area contributed by atoms with Crippen LogP contribution < -0.4 is 16.0 Å². The molecule has 0 radical (unpaired) electrons. The zero-order valence-corrected chi connectivity index (χ0v) is 14.3. The first-order valence-corrected chi connectivity index (χ1v) is 8.66. The number of nitrogens with one attached hydrogen (secondary N) is 3. The molecule has 0 heterocycles. The van der Waals surface area contributed by atoms with Crippen LogP contribution in [0.4, 0.5) is 17.1 Å². The molecule has 2 aromatic rings. The molecule has 0 saturated heterocycles. The second-order valence-corrected chi connectivity index (χ2v) is 6.42. The van der Waals surface area contributed by atoms with E-state index in [-0.39, 0.29) is 11.8 Å². The van der Waals surface area contributed by atoms with Crippen LogP contribution in [-0.4, -0.2) is 17.9 Å². The van der Waals surface area contributed by atoms with E-state index in [1.54, 1.807) is 24.3 Å². The van der Waals surface area contributed by atoms with Crippen molar-refractivity contribution in [1.29, 1.82) is 0 Å². The lowest BCUT2D eigenvalue weighted by Crippen LogP contribution is -2.15. The van der Waals surface area contributed by atoms with E-state index in [9.17, 15) is 9.59 Å². The highest BCUT2D eigenvalue weighted by molar-refractivity contribution is 6.04. The molecule has 0 unspecified atom stereocenters. The molecule has 5 nitrogen and oxygen atoms in total. The van der Waals surface area contributed by atoms with Gasteiger partial charge in [-0.1, -0.05) is 18.9 Å². The minimum atomic E-state index is -0.174. The molecule has 5 heteroatoms. The highest BCUT2D eigenvalue weighted by atomic mass is 16.2. The molecule has 3 N–H and O–H groups in total. The van der Waals surface area contributed by atoms with Gasteiger partial charge in [-0.25, -0.2) is 0 Å². The molecule has 0 aromatic heterocycles. The number of hydrogen-bond donors (Lipinski definition) is 3. The summed E-state index contributed by atoms with van der Waals surface area (Å²) in [7, 11) is 0. The largest absolute Gasteiger partial charge is 0.382 e. The van der Waals surface area contributed by atoms with Crippen LogP contribution in [0.15, 0.2) is 48.5 Å². The fourth-order valence-electron chi connectivity index (χ4n) is 3.10. The fraction of sp³-hybridized carbons (Fsp3) is 0.300. The molecule has 0 atom stereocenters. The Morgan fingerprint density at radius 1 is 0.880 bits per heavy atom. The number of hydrogen-bond acceptors (Lipinski definition) is 3. The molecule has 1 aliphatic carbocycles. The van der Waals surface area contributed by atoms with Gasteiger partial charge in [0, 0.05) is 35.6 Å². The van der Waals surface area contributed by atoms with Gasteiger partial charge in [-0.3, -0.25) is 9.59 Å². The molecule has 25 heavy (non-hydrogen) atoms. The van der Waals surface area contributed by atoms with E-state index in [1.165, 1.54) is 32.6 Å². The van der Waals surface area contributed by atoms with Crippen LogP contribution in [0, 0.1) is 0 Å². The van der Waals surface area contributed by atoms with Crippen LogP contribution >= 0.6 is 0 Å². The Bertz CT molecular complexity index is 750. The maximum atomic E-state index is 12.4. The lowest BCUT2D eigenvalue weighted by molar-refractivity contribution is -0.114. The molecule has 0 bridgehead atoms. The Labute approximate surface area is 147 Å². The van der Waals surface area contributed by atoms with E-state index in [0.29, 0.717) is 17.3 Å². The summed E-state index contributed by atoms with van der Waals surface area (Å²) in [5, 5.41) is 9.13. The lowest BCUT2D eigenvalue weighted by Gasteiger charge is -2.14. The smallest absolute Gasteiger partial charge is 0.255 e. The summed E-state index contributed by atoms with van der Waals surface area (Å²) in [6, 6.07) is 15.2. The van der Waals surface area contributed by atoms with E-state index in [1.807, 2.05) is 24.3 Å². The van der Waals surface area contributed by atoms with Crippen molar-refractivity contribution in [2.45, 2.75) is 38.6 Å². The van der Waals surface area contributed by atoms with E-state index in [2.05, 4.69) is 16.0 Å². The fourth-order valence-corrected chi connectivity index (χ4v) is 3.10. The summed E-state index contributed by atoms with van der Waals surface area (Å²) >= 11 is 0. The maximum Gasteiger partial charge on any atom is 0.255 e. The summed E-state index contributed by atoms with van der Waals surface area (Å²) in [5.74, 6) is -0.309. The minimum Gasteiger partial charge on any atom is -0.382 e. The first kappa shape index (κ1) is 17.0. The molecule has 1 fully saturated rings. The molecular weight excluding hydrogens is 314 g/mol. The van der Waals surface area contributed by atoms with Crippen LogP contribution in [-0.2, 0) is 4.79 Å². The molecule has 0 aliphatic heterocycles. The van der Waals surface area contributed by atoms with E-state index >= 15 is 0 Å². The van der Waals surface area contributed by atoms with Gasteiger partial charge in [0.05, 0.1) is 0 Å². The van der Waals surface area contributed by atoms with Crippen molar-refractivity contribution < 1.29 is 9.59 Å². The third-order valence-electron chi connectivity index (χ3n) is 4.31. The average molecular weight is 337 g/mol. The Morgan fingerprint density at radius 2 is 1.56 bits per heavy atom. The molecule has 130 valence electrons. The summed E-state index contributed by atoms with van der Waals surface area (Å²) in [4.78, 5) is 23.4. The van der Waals surface area contributed by atoms with E-state index in [4.69, 9.17) is 0 Å². The standard InChI is InChI=1S/C20H23N3O2/c1-14(24)21-17-11-9-15(10-12-17)20(25)23-19-8-4-7-18(13-19)22-16-5-2-3-6-16/h4,7-13,16,22H,2-3,5-6H2,1H3,(H,21,24)(H,23,25). The van der Waals surface area contributed by atoms with Crippen LogP contribution in [0.3, 0.4) is 0 Å². The molecule has 1 saturated carbocycles. The zero-order chi connectivity index (χ0) is 17.6. The molecule has 2 aromatic carbocycles. The van der Waals surface area contributed by atoms with E-state index in [0.717, 1.165) is 11.4 Å². The minimum absolute atomic E-state index is 0.135. The number of anilines is 3. The van der Waals surface area contributed by atoms with Crippen LogP contribution in [0.5, 0.6) is 0 Å². The topological polar surface area (TPSA) is 70.2 Å². The summed E-state index contributed by atoms with van der Waals surface area (Å²) in [6.07, 6.45) is 4.97. The van der Waals surface area contributed by atoms with Crippen molar-refractivity contribution in [3.05, 3.63) is 54.1 Å². The van der Waals surface area contributed by atoms with Gasteiger partial charge in [0.15, 0.2) is 0 Å². The summed E-state index contributed by atoms with van der Waals surface area (Å²) in [5.41, 5.74) is 3.01. The van der Waals surface area contributed by atoms with Gasteiger partial charge in [0.1, 0.15) is 0 Å². The normalized spacial score (nSPS) is 14.1. The number of benzene rings is 2. The predicted octanol–water partition coefficient (Wildman–Crippen LogP) is 4.25. The molecule has 0 spiro atoms. The van der Waals surface area contributed by atoms with Gasteiger partial charge in [-0.2, -0.15) is 0 Å². The highest BCUT2D eigenvalue weighted by Gasteiger charge is 2.14. The van der Waals surface area contributed by atoms with Crippen molar-refractivity contribution in [2.75, 3.05) is 16.0 Å². The number of carbonyl (C=O) groups is 2. The Kier molecular flexibility index (Phi) is 5.33. The Morgan fingerprint density at radius 3 is 2.24 bits per heavy atom. The predicted molar refractivity (Wildman–Crippen MR) is 101 cm³/mol. The first-order valence-electron chi connectivity index (χ1n) is 8.66. The zero-order valence-electron chi connectivity index (χ0n) is 14.3. The quantitative estimate of drug-likeness (QED) is 0.764. The third-order valence-corrected chi connectivity index (χ3v) is 4.31. The maximum absolute atomic E-state index is 12.4. The van der Waals surface area contributed by atoms with Crippen LogP contribution in [0.25, 0.3) is 0 Å². The van der Waals surface area contributed by atoms with Crippen molar-refractivity contribution in [3.8, 4) is 0 Å². The summed E-state index contributed by atoms with van der Waals surface area (Å²) < 4.78 is 0. The van der Waals surface area contributed by atoms with Crippen molar-refractivity contribution in [2.24, 2.45) is 0 Å². The van der Waals surface area contributed by atoms with Crippen molar-refractivity contribution in [3.63, 3.8) is 0 Å². The average Bonchev–Trinajstić information content (AvgIpc) is 3.08. The number of amides is 2. The first-order chi connectivity index (χ1) is 12.1. The lowest BCUT2D eigenvalue weighted by atomic mass is 10.1. The van der Waals surface area contributed by atoms with Gasteiger partial charge in [-0.15, -0.1) is 0 Å². The van der Waals surface area contributed by atoms with Crippen molar-refractivity contribution >= 4 is 28.9 Å². The highest BCUT2D eigenvalue weighted by Crippen LogP contribution is 2.24. The van der Waals surface area contributed by atoms with Crippen LogP contribution in [0.2, 0.25) is 0 Å². The second-order valence-electron chi connectivity index (χ2n) is 6.42. The van der Waals surface area contributed by atoms with Gasteiger partial charge < -0.3 is 16.0 Å². The second kappa shape index (κ2) is 7.83. The van der Waals surface area contributed by atoms with Gasteiger partial charge in [0.25, 0.3) is 5.91 Å². The Hall–Kier alpha value is -2.82. The SMILES string of the molecule is CC(=O)Nc1ccc(C(=O)Nc2cccc(NC3CCCC3)c2)cc1. The third kappa shape index (κ3) is 4.83. The molecule has 1 aliphatic rings. The monoisotopic (exact) mass is 337 g/mol. The number of rotatable bonds is 5. The van der Waals surface area contributed by atoms with Crippen LogP contribution in [0.1, 0.15) is 43.0 Å². The van der Waals surface area contributed by atoms with E-state index < -0.39 is 0 Å². The molecule has 3 rings (SSSR count). The van der Waals surface area contributed by atoms with Crippen molar-refractivity contribution in [1.82, 2.24) is 0 Å². The Balaban J connectivity index is 1.63. The van der Waals surface area contributed by atoms with Gasteiger partial charge >= 0.3 is 0 Å².